The van der Waals surface area contributed by atoms with Gasteiger partial charge in [-0.05, 0) is 64.3 Å². The summed E-state index contributed by atoms with van der Waals surface area (Å²) in [6.45, 7) is 5.16. The Kier molecular flexibility index (Phi) is 8.47. The van der Waals surface area contributed by atoms with Gasteiger partial charge in [-0.25, -0.2) is 9.59 Å². The standard InChI is InChI=1S/C21H23BrO6/c1-14(2)13-27-20(23)15-4-7-17(8-5-15)28-21(24)16-6-9-19(18(22)12-16)26-11-10-25-3/h4-9,12,14H,10-11,13H2,1-3H3. The van der Waals surface area contributed by atoms with Crippen LogP contribution in [0.1, 0.15) is 34.6 Å². The molecule has 0 saturated carbocycles. The molecule has 2 aromatic carbocycles. The van der Waals surface area contributed by atoms with Crippen LogP contribution in [-0.4, -0.2) is 38.9 Å². The lowest BCUT2D eigenvalue weighted by Gasteiger charge is -2.10. The number of benzene rings is 2. The molecule has 0 aliphatic rings. The maximum atomic E-state index is 12.3. The van der Waals surface area contributed by atoms with Crippen LogP contribution in [0, 0.1) is 5.92 Å². The van der Waals surface area contributed by atoms with Crippen molar-refractivity contribution in [1.82, 2.24) is 0 Å². The summed E-state index contributed by atoms with van der Waals surface area (Å²) >= 11 is 3.38. The molecule has 6 nitrogen and oxygen atoms in total. The van der Waals surface area contributed by atoms with E-state index >= 15 is 0 Å². The van der Waals surface area contributed by atoms with Gasteiger partial charge in [-0.15, -0.1) is 0 Å². The van der Waals surface area contributed by atoms with Crippen molar-refractivity contribution in [3.05, 3.63) is 58.1 Å². The van der Waals surface area contributed by atoms with Crippen LogP contribution in [0.5, 0.6) is 11.5 Å². The third-order valence-electron chi connectivity index (χ3n) is 3.56. The summed E-state index contributed by atoms with van der Waals surface area (Å²) in [5, 5.41) is 0. The molecule has 0 fully saturated rings. The molecule has 2 rings (SSSR count). The summed E-state index contributed by atoms with van der Waals surface area (Å²) in [5.74, 6) is 0.291. The summed E-state index contributed by atoms with van der Waals surface area (Å²) in [6, 6.07) is 11.2. The fraction of sp³-hybridized carbons (Fsp3) is 0.333. The number of rotatable bonds is 9. The number of carbonyl (C=O) groups excluding carboxylic acids is 2. The third-order valence-corrected chi connectivity index (χ3v) is 4.18. The molecule has 7 heteroatoms. The molecule has 2 aromatic rings. The molecule has 0 saturated heterocycles. The molecular weight excluding hydrogens is 428 g/mol. The summed E-state index contributed by atoms with van der Waals surface area (Å²) in [7, 11) is 1.60. The van der Waals surface area contributed by atoms with Crippen LogP contribution in [-0.2, 0) is 9.47 Å². The molecule has 0 heterocycles. The Morgan fingerprint density at radius 1 is 0.964 bits per heavy atom. The van der Waals surface area contributed by atoms with E-state index < -0.39 is 11.9 Å². The monoisotopic (exact) mass is 450 g/mol. The summed E-state index contributed by atoms with van der Waals surface area (Å²) < 4.78 is 21.6. The van der Waals surface area contributed by atoms with Crippen LogP contribution in [0.4, 0.5) is 0 Å². The first-order valence-electron chi connectivity index (χ1n) is 8.81. The molecule has 0 spiro atoms. The van der Waals surface area contributed by atoms with Gasteiger partial charge in [0.25, 0.3) is 0 Å². The van der Waals surface area contributed by atoms with Crippen molar-refractivity contribution in [2.24, 2.45) is 5.92 Å². The average molecular weight is 451 g/mol. The van der Waals surface area contributed by atoms with Crippen LogP contribution >= 0.6 is 15.9 Å². The maximum Gasteiger partial charge on any atom is 0.343 e. The molecule has 0 atom stereocenters. The highest BCUT2D eigenvalue weighted by Gasteiger charge is 2.13. The summed E-state index contributed by atoms with van der Waals surface area (Å²) in [5.41, 5.74) is 0.771. The van der Waals surface area contributed by atoms with Crippen molar-refractivity contribution in [3.63, 3.8) is 0 Å². The predicted octanol–water partition coefficient (Wildman–Crippen LogP) is 4.51. The van der Waals surface area contributed by atoms with Gasteiger partial charge in [-0.3, -0.25) is 0 Å². The topological polar surface area (TPSA) is 71.1 Å². The first kappa shape index (κ1) is 21.9. The summed E-state index contributed by atoms with van der Waals surface area (Å²) in [4.78, 5) is 24.3. The van der Waals surface area contributed by atoms with Crippen molar-refractivity contribution in [2.75, 3.05) is 26.9 Å². The van der Waals surface area contributed by atoms with E-state index in [0.29, 0.717) is 46.9 Å². The van der Waals surface area contributed by atoms with Gasteiger partial charge in [0.2, 0.25) is 0 Å². The molecular formula is C21H23BrO6. The first-order chi connectivity index (χ1) is 13.4. The van der Waals surface area contributed by atoms with E-state index in [2.05, 4.69) is 15.9 Å². The lowest BCUT2D eigenvalue weighted by molar-refractivity contribution is 0.0459. The van der Waals surface area contributed by atoms with E-state index in [1.807, 2.05) is 13.8 Å². The Morgan fingerprint density at radius 3 is 2.25 bits per heavy atom. The first-order valence-corrected chi connectivity index (χ1v) is 9.60. The molecule has 0 amide bonds. The predicted molar refractivity (Wildman–Crippen MR) is 108 cm³/mol. The maximum absolute atomic E-state index is 12.3. The Bertz CT molecular complexity index is 801. The van der Waals surface area contributed by atoms with Gasteiger partial charge in [-0.2, -0.15) is 0 Å². The SMILES string of the molecule is COCCOc1ccc(C(=O)Oc2ccc(C(=O)OCC(C)C)cc2)cc1Br. The lowest BCUT2D eigenvalue weighted by Crippen LogP contribution is -2.11. The van der Waals surface area contributed by atoms with Gasteiger partial charge in [0.05, 0.1) is 28.8 Å². The number of esters is 2. The zero-order valence-electron chi connectivity index (χ0n) is 16.1. The summed E-state index contributed by atoms with van der Waals surface area (Å²) in [6.07, 6.45) is 0. The minimum absolute atomic E-state index is 0.264. The Hall–Kier alpha value is -2.38. The van der Waals surface area contributed by atoms with Crippen molar-refractivity contribution >= 4 is 27.9 Å². The van der Waals surface area contributed by atoms with E-state index in [9.17, 15) is 9.59 Å². The highest BCUT2D eigenvalue weighted by molar-refractivity contribution is 9.10. The van der Waals surface area contributed by atoms with Gasteiger partial charge in [0.1, 0.15) is 18.1 Å². The van der Waals surface area contributed by atoms with Crippen LogP contribution in [0.3, 0.4) is 0 Å². The minimum Gasteiger partial charge on any atom is -0.490 e. The van der Waals surface area contributed by atoms with Crippen LogP contribution in [0.2, 0.25) is 0 Å². The molecule has 0 aromatic heterocycles. The highest BCUT2D eigenvalue weighted by Crippen LogP contribution is 2.26. The quantitative estimate of drug-likeness (QED) is 0.318. The normalized spacial score (nSPS) is 10.6. The zero-order chi connectivity index (χ0) is 20.5. The van der Waals surface area contributed by atoms with Crippen molar-refractivity contribution < 1.29 is 28.5 Å². The van der Waals surface area contributed by atoms with Crippen molar-refractivity contribution in [3.8, 4) is 11.5 Å². The second-order valence-corrected chi connectivity index (χ2v) is 7.25. The number of halogens is 1. The molecule has 0 radical (unpaired) electrons. The average Bonchev–Trinajstić information content (AvgIpc) is 2.68. The molecule has 0 aliphatic carbocycles. The fourth-order valence-electron chi connectivity index (χ4n) is 2.13. The van der Waals surface area contributed by atoms with Crippen molar-refractivity contribution in [1.29, 1.82) is 0 Å². The molecule has 0 bridgehead atoms. The lowest BCUT2D eigenvalue weighted by atomic mass is 10.2. The van der Waals surface area contributed by atoms with Crippen LogP contribution in [0.25, 0.3) is 0 Å². The largest absolute Gasteiger partial charge is 0.490 e. The van der Waals surface area contributed by atoms with E-state index in [-0.39, 0.29) is 5.92 Å². The minimum atomic E-state index is -0.515. The van der Waals surface area contributed by atoms with E-state index in [4.69, 9.17) is 18.9 Å². The van der Waals surface area contributed by atoms with Gasteiger partial charge in [0.15, 0.2) is 0 Å². The van der Waals surface area contributed by atoms with E-state index in [0.717, 1.165) is 0 Å². The Labute approximate surface area is 172 Å². The number of hydrogen-bond donors (Lipinski definition) is 0. The molecule has 28 heavy (non-hydrogen) atoms. The van der Waals surface area contributed by atoms with Gasteiger partial charge >= 0.3 is 11.9 Å². The number of hydrogen-bond acceptors (Lipinski definition) is 6. The number of ether oxygens (including phenoxy) is 4. The van der Waals surface area contributed by atoms with E-state index in [1.54, 1.807) is 49.6 Å². The van der Waals surface area contributed by atoms with Gasteiger partial charge in [-0.1, -0.05) is 13.8 Å². The second-order valence-electron chi connectivity index (χ2n) is 6.39. The smallest absolute Gasteiger partial charge is 0.343 e. The highest BCUT2D eigenvalue weighted by atomic mass is 79.9. The van der Waals surface area contributed by atoms with Crippen LogP contribution < -0.4 is 9.47 Å². The molecule has 0 N–H and O–H groups in total. The van der Waals surface area contributed by atoms with Gasteiger partial charge < -0.3 is 18.9 Å². The molecule has 0 aliphatic heterocycles. The Balaban J connectivity index is 1.97. The van der Waals surface area contributed by atoms with Crippen molar-refractivity contribution in [2.45, 2.75) is 13.8 Å². The molecule has 0 unspecified atom stereocenters. The molecule has 150 valence electrons. The van der Waals surface area contributed by atoms with Gasteiger partial charge in [0, 0.05) is 7.11 Å². The second kappa shape index (κ2) is 10.8. The number of methoxy groups -OCH3 is 1. The third kappa shape index (κ3) is 6.65. The van der Waals surface area contributed by atoms with E-state index in [1.165, 1.54) is 0 Å². The Morgan fingerprint density at radius 2 is 1.64 bits per heavy atom. The van der Waals surface area contributed by atoms with Crippen LogP contribution in [0.15, 0.2) is 46.9 Å². The zero-order valence-corrected chi connectivity index (χ0v) is 17.7. The fourth-order valence-corrected chi connectivity index (χ4v) is 2.62. The number of carbonyl (C=O) groups is 2.